The van der Waals surface area contributed by atoms with Crippen molar-refractivity contribution in [2.75, 3.05) is 13.7 Å². The Morgan fingerprint density at radius 2 is 1.86 bits per heavy atom. The normalized spacial score (nSPS) is 17.8. The van der Waals surface area contributed by atoms with Crippen molar-refractivity contribution < 1.29 is 9.53 Å². The fourth-order valence-corrected chi connectivity index (χ4v) is 5.12. The Labute approximate surface area is 207 Å². The molecule has 0 bridgehead atoms. The molecule has 5 heteroatoms. The summed E-state index contributed by atoms with van der Waals surface area (Å²) in [4.78, 5) is 22.7. The second-order valence-electron chi connectivity index (χ2n) is 9.89. The Hall–Kier alpha value is -3.60. The van der Waals surface area contributed by atoms with Crippen LogP contribution in [0.25, 0.3) is 22.2 Å². The van der Waals surface area contributed by atoms with Gasteiger partial charge >= 0.3 is 0 Å². The fourth-order valence-electron chi connectivity index (χ4n) is 5.12. The maximum Gasteiger partial charge on any atom is 0.222 e. The number of aryl methyl sites for hydroxylation is 1. The third-order valence-electron chi connectivity index (χ3n) is 7.21. The lowest BCUT2D eigenvalue weighted by atomic mass is 9.82. The van der Waals surface area contributed by atoms with Crippen molar-refractivity contribution in [1.29, 1.82) is 0 Å². The van der Waals surface area contributed by atoms with Gasteiger partial charge in [0, 0.05) is 20.0 Å². The number of hydrogen-bond acceptors (Lipinski definition) is 3. The number of hydrogen-bond donors (Lipinski definition) is 1. The third kappa shape index (κ3) is 5.24. The van der Waals surface area contributed by atoms with E-state index in [0.717, 1.165) is 46.6 Å². The summed E-state index contributed by atoms with van der Waals surface area (Å²) in [5, 5.41) is 0. The van der Waals surface area contributed by atoms with Crippen LogP contribution in [0, 0.1) is 18.8 Å². The van der Waals surface area contributed by atoms with Gasteiger partial charge in [-0.1, -0.05) is 49.4 Å². The van der Waals surface area contributed by atoms with E-state index in [-0.39, 0.29) is 5.91 Å². The largest absolute Gasteiger partial charge is 0.493 e. The van der Waals surface area contributed by atoms with Gasteiger partial charge in [0.2, 0.25) is 5.91 Å². The number of rotatable bonds is 5. The first-order valence-electron chi connectivity index (χ1n) is 12.5. The van der Waals surface area contributed by atoms with Crippen LogP contribution >= 0.6 is 0 Å². The summed E-state index contributed by atoms with van der Waals surface area (Å²) in [5.41, 5.74) is 6.74. The molecule has 0 aliphatic carbocycles. The zero-order chi connectivity index (χ0) is 24.4. The molecule has 1 amide bonds. The van der Waals surface area contributed by atoms with Crippen molar-refractivity contribution in [3.05, 3.63) is 83.7 Å². The molecular weight excluding hydrogens is 434 g/mol. The third-order valence-corrected chi connectivity index (χ3v) is 7.21. The lowest BCUT2D eigenvalue weighted by Crippen LogP contribution is -2.31. The van der Waals surface area contributed by atoms with Crippen molar-refractivity contribution in [3.63, 3.8) is 0 Å². The molecule has 3 aromatic carbocycles. The molecule has 1 aliphatic heterocycles. The first-order valence-corrected chi connectivity index (χ1v) is 12.5. The molecule has 4 aromatic rings. The zero-order valence-electron chi connectivity index (χ0n) is 20.8. The lowest BCUT2D eigenvalue weighted by Gasteiger charge is -2.29. The minimum atomic E-state index is 0.198. The molecular formula is C30H33N3O2. The van der Waals surface area contributed by atoms with Crippen LogP contribution < -0.4 is 4.74 Å². The highest BCUT2D eigenvalue weighted by molar-refractivity contribution is 5.82. The summed E-state index contributed by atoms with van der Waals surface area (Å²) in [6.45, 7) is 5.53. The Kier molecular flexibility index (Phi) is 6.58. The van der Waals surface area contributed by atoms with Crippen LogP contribution in [0.1, 0.15) is 36.7 Å². The predicted molar refractivity (Wildman–Crippen MR) is 140 cm³/mol. The molecule has 180 valence electrons. The number of nitrogens with zero attached hydrogens (tertiary/aromatic N) is 2. The number of carbonyl (C=O) groups is 1. The minimum absolute atomic E-state index is 0.198. The molecule has 1 N–H and O–H groups in total. The van der Waals surface area contributed by atoms with Gasteiger partial charge in [-0.3, -0.25) is 4.79 Å². The van der Waals surface area contributed by atoms with Crippen molar-refractivity contribution >= 4 is 16.9 Å². The highest BCUT2D eigenvalue weighted by Crippen LogP contribution is 2.35. The van der Waals surface area contributed by atoms with Gasteiger partial charge in [-0.15, -0.1) is 0 Å². The van der Waals surface area contributed by atoms with E-state index in [1.165, 1.54) is 11.1 Å². The van der Waals surface area contributed by atoms with E-state index < -0.39 is 0 Å². The molecule has 2 heterocycles. The van der Waals surface area contributed by atoms with Crippen LogP contribution in [0.4, 0.5) is 0 Å². The number of fused-ring (bicyclic) bond motifs is 2. The van der Waals surface area contributed by atoms with Gasteiger partial charge in [0.05, 0.1) is 17.6 Å². The van der Waals surface area contributed by atoms with E-state index >= 15 is 0 Å². The topological polar surface area (TPSA) is 58.2 Å². The van der Waals surface area contributed by atoms with Crippen molar-refractivity contribution in [2.45, 2.75) is 39.7 Å². The van der Waals surface area contributed by atoms with E-state index in [1.807, 2.05) is 37.1 Å². The summed E-state index contributed by atoms with van der Waals surface area (Å²) in [7, 11) is 1.90. The van der Waals surface area contributed by atoms with Crippen LogP contribution in [0.5, 0.6) is 5.75 Å². The Morgan fingerprint density at radius 1 is 1.09 bits per heavy atom. The van der Waals surface area contributed by atoms with Gasteiger partial charge in [0.15, 0.2) is 0 Å². The van der Waals surface area contributed by atoms with Crippen LogP contribution in [0.15, 0.2) is 66.7 Å². The molecule has 0 fully saturated rings. The fraction of sp³-hybridized carbons (Fsp3) is 0.333. The quantitative estimate of drug-likeness (QED) is 0.382. The Balaban J connectivity index is 1.30. The van der Waals surface area contributed by atoms with E-state index in [2.05, 4.69) is 65.4 Å². The van der Waals surface area contributed by atoms with Crippen LogP contribution in [0.2, 0.25) is 0 Å². The minimum Gasteiger partial charge on any atom is -0.493 e. The molecule has 0 saturated carbocycles. The standard InChI is InChI=1S/C30H33N3O2/c1-20-15-26-16-24(25-9-11-27-28(17-25)32-21(2)31-27)10-12-29(26)35-14-13-23(20)18-30(34)33(3)19-22-7-5-4-6-8-22/h4-12,16-17,20,23H,13-15,18-19H2,1-3H3,(H,31,32). The Bertz CT molecular complexity index is 1330. The van der Waals surface area contributed by atoms with Crippen molar-refractivity contribution in [3.8, 4) is 16.9 Å². The highest BCUT2D eigenvalue weighted by Gasteiger charge is 2.26. The van der Waals surface area contributed by atoms with E-state index in [0.29, 0.717) is 31.4 Å². The van der Waals surface area contributed by atoms with E-state index in [1.54, 1.807) is 0 Å². The van der Waals surface area contributed by atoms with Gasteiger partial charge < -0.3 is 14.6 Å². The average molecular weight is 468 g/mol. The number of aromatic nitrogens is 2. The molecule has 2 unspecified atom stereocenters. The Morgan fingerprint density at radius 3 is 2.69 bits per heavy atom. The van der Waals surface area contributed by atoms with Gasteiger partial charge in [-0.05, 0) is 78.1 Å². The van der Waals surface area contributed by atoms with Crippen LogP contribution in [-0.4, -0.2) is 34.4 Å². The number of aromatic amines is 1. The number of ether oxygens (including phenoxy) is 1. The number of benzene rings is 3. The summed E-state index contributed by atoms with van der Waals surface area (Å²) in [6, 6.07) is 23.0. The highest BCUT2D eigenvalue weighted by atomic mass is 16.5. The number of nitrogens with one attached hydrogen (secondary N) is 1. The smallest absolute Gasteiger partial charge is 0.222 e. The van der Waals surface area contributed by atoms with Gasteiger partial charge in [0.25, 0.3) is 0 Å². The monoisotopic (exact) mass is 467 g/mol. The SMILES string of the molecule is Cc1nc2ccc(-c3ccc4c(c3)CC(C)C(CC(=O)N(C)Cc3ccccc3)CCO4)cc2[nH]1. The molecule has 0 radical (unpaired) electrons. The second-order valence-corrected chi connectivity index (χ2v) is 9.89. The van der Waals surface area contributed by atoms with Gasteiger partial charge in [-0.25, -0.2) is 4.98 Å². The molecule has 0 spiro atoms. The number of imidazole rings is 1. The molecule has 0 saturated heterocycles. The first kappa shape index (κ1) is 23.2. The summed E-state index contributed by atoms with van der Waals surface area (Å²) >= 11 is 0. The number of carbonyl (C=O) groups excluding carboxylic acids is 1. The lowest BCUT2D eigenvalue weighted by molar-refractivity contribution is -0.132. The maximum absolute atomic E-state index is 13.0. The molecule has 35 heavy (non-hydrogen) atoms. The van der Waals surface area contributed by atoms with Gasteiger partial charge in [0.1, 0.15) is 11.6 Å². The van der Waals surface area contributed by atoms with Crippen molar-refractivity contribution in [1.82, 2.24) is 14.9 Å². The zero-order valence-corrected chi connectivity index (χ0v) is 20.8. The maximum atomic E-state index is 13.0. The molecule has 5 rings (SSSR count). The van der Waals surface area contributed by atoms with E-state index in [4.69, 9.17) is 4.74 Å². The summed E-state index contributed by atoms with van der Waals surface area (Å²) in [6.07, 6.45) is 2.34. The molecule has 1 aliphatic rings. The molecule has 1 aromatic heterocycles. The van der Waals surface area contributed by atoms with Gasteiger partial charge in [-0.2, -0.15) is 0 Å². The summed E-state index contributed by atoms with van der Waals surface area (Å²) < 4.78 is 6.17. The summed E-state index contributed by atoms with van der Waals surface area (Å²) in [5.74, 6) is 2.77. The molecule has 5 nitrogen and oxygen atoms in total. The van der Waals surface area contributed by atoms with Crippen LogP contribution in [-0.2, 0) is 17.8 Å². The number of H-pyrrole nitrogens is 1. The predicted octanol–water partition coefficient (Wildman–Crippen LogP) is 6.16. The van der Waals surface area contributed by atoms with Crippen LogP contribution in [0.3, 0.4) is 0 Å². The number of amides is 1. The second kappa shape index (κ2) is 9.95. The molecule has 2 atom stereocenters. The van der Waals surface area contributed by atoms with Crippen molar-refractivity contribution in [2.24, 2.45) is 11.8 Å². The first-order chi connectivity index (χ1) is 17.0. The average Bonchev–Trinajstić information content (AvgIpc) is 3.22. The van der Waals surface area contributed by atoms with E-state index in [9.17, 15) is 4.79 Å².